The van der Waals surface area contributed by atoms with Crippen molar-refractivity contribution in [1.29, 1.82) is 0 Å². The van der Waals surface area contributed by atoms with Crippen molar-refractivity contribution in [2.45, 2.75) is 19.8 Å². The average molecular weight is 267 g/mol. The van der Waals surface area contributed by atoms with Crippen molar-refractivity contribution in [1.82, 2.24) is 0 Å². The standard InChI is InChI=1S/C13H17NO3S/c1-4-8-11-9-6-7-10-12(11)13(5-2)14-17-18(3,15)16/h4,6-7,9-10H,1,5,8H2,2-3H3. The topological polar surface area (TPSA) is 55.7 Å². The van der Waals surface area contributed by atoms with Gasteiger partial charge in [0.1, 0.15) is 0 Å². The summed E-state index contributed by atoms with van der Waals surface area (Å²) in [5, 5.41) is 3.72. The number of benzene rings is 1. The largest absolute Gasteiger partial charge is 0.325 e. The molecule has 5 heteroatoms. The van der Waals surface area contributed by atoms with Crippen LogP contribution in [0.3, 0.4) is 0 Å². The number of nitrogens with zero attached hydrogens (tertiary/aromatic N) is 1. The van der Waals surface area contributed by atoms with Gasteiger partial charge in [0, 0.05) is 5.56 Å². The van der Waals surface area contributed by atoms with Crippen molar-refractivity contribution in [3.05, 3.63) is 48.0 Å². The van der Waals surface area contributed by atoms with Crippen LogP contribution in [0.5, 0.6) is 0 Å². The van der Waals surface area contributed by atoms with Gasteiger partial charge >= 0.3 is 10.1 Å². The zero-order valence-electron chi connectivity index (χ0n) is 10.6. The first kappa shape index (κ1) is 14.4. The molecule has 0 saturated heterocycles. The molecule has 1 aromatic carbocycles. The SMILES string of the molecule is C=CCc1ccccc1C(CC)=NOS(C)(=O)=O. The van der Waals surface area contributed by atoms with Gasteiger partial charge in [-0.1, -0.05) is 42.4 Å². The highest BCUT2D eigenvalue weighted by atomic mass is 32.2. The third kappa shape index (κ3) is 4.33. The summed E-state index contributed by atoms with van der Waals surface area (Å²) in [5.41, 5.74) is 2.55. The van der Waals surface area contributed by atoms with Gasteiger partial charge in [-0.25, -0.2) is 0 Å². The highest BCUT2D eigenvalue weighted by Crippen LogP contribution is 2.14. The van der Waals surface area contributed by atoms with Crippen molar-refractivity contribution < 1.29 is 12.7 Å². The van der Waals surface area contributed by atoms with Crippen molar-refractivity contribution >= 4 is 15.8 Å². The highest BCUT2D eigenvalue weighted by molar-refractivity contribution is 7.85. The number of hydrogen-bond acceptors (Lipinski definition) is 4. The van der Waals surface area contributed by atoms with Gasteiger partial charge in [-0.15, -0.1) is 6.58 Å². The van der Waals surface area contributed by atoms with E-state index in [-0.39, 0.29) is 0 Å². The molecule has 1 rings (SSSR count). The minimum Gasteiger partial charge on any atom is -0.268 e. The fraction of sp³-hybridized carbons (Fsp3) is 0.308. The fourth-order valence-corrected chi connectivity index (χ4v) is 1.78. The van der Waals surface area contributed by atoms with Crippen LogP contribution in [0, 0.1) is 0 Å². The summed E-state index contributed by atoms with van der Waals surface area (Å²) in [6.07, 6.45) is 4.06. The maximum absolute atomic E-state index is 10.9. The Labute approximate surface area is 108 Å². The van der Waals surface area contributed by atoms with Crippen molar-refractivity contribution in [3.63, 3.8) is 0 Å². The second kappa shape index (κ2) is 6.35. The summed E-state index contributed by atoms with van der Waals surface area (Å²) in [4.78, 5) is 0. The molecule has 0 aliphatic rings. The van der Waals surface area contributed by atoms with Crippen molar-refractivity contribution in [2.75, 3.05) is 6.26 Å². The van der Waals surface area contributed by atoms with Gasteiger partial charge in [0.2, 0.25) is 0 Å². The van der Waals surface area contributed by atoms with Crippen LogP contribution >= 0.6 is 0 Å². The van der Waals surface area contributed by atoms with E-state index < -0.39 is 10.1 Å². The molecule has 0 aliphatic heterocycles. The zero-order chi connectivity index (χ0) is 13.6. The predicted octanol–water partition coefficient (Wildman–Crippen LogP) is 2.51. The predicted molar refractivity (Wildman–Crippen MR) is 73.1 cm³/mol. The summed E-state index contributed by atoms with van der Waals surface area (Å²) >= 11 is 0. The molecular formula is C13H17NO3S. The van der Waals surface area contributed by atoms with Gasteiger partial charge in [0.05, 0.1) is 12.0 Å². The van der Waals surface area contributed by atoms with Gasteiger partial charge in [0.25, 0.3) is 0 Å². The molecule has 0 fully saturated rings. The summed E-state index contributed by atoms with van der Waals surface area (Å²) in [6.45, 7) is 5.60. The monoisotopic (exact) mass is 267 g/mol. The van der Waals surface area contributed by atoms with Crippen LogP contribution < -0.4 is 0 Å². The van der Waals surface area contributed by atoms with Crippen LogP contribution in [0.15, 0.2) is 42.1 Å². The maximum Gasteiger partial charge on any atom is 0.325 e. The Morgan fingerprint density at radius 2 is 2.11 bits per heavy atom. The molecule has 0 N–H and O–H groups in total. The molecule has 0 heterocycles. The molecule has 0 aliphatic carbocycles. The molecule has 1 aromatic rings. The first-order chi connectivity index (χ1) is 8.48. The van der Waals surface area contributed by atoms with E-state index in [9.17, 15) is 8.42 Å². The smallest absolute Gasteiger partial charge is 0.268 e. The van der Waals surface area contributed by atoms with Crippen LogP contribution in [0.1, 0.15) is 24.5 Å². The molecule has 0 unspecified atom stereocenters. The summed E-state index contributed by atoms with van der Waals surface area (Å²) in [6, 6.07) is 7.66. The molecule has 0 radical (unpaired) electrons. The Kier molecular flexibility index (Phi) is 5.09. The quantitative estimate of drug-likeness (QED) is 0.452. The molecule has 0 saturated carbocycles. The van der Waals surface area contributed by atoms with E-state index in [4.69, 9.17) is 0 Å². The van der Waals surface area contributed by atoms with Crippen molar-refractivity contribution in [3.8, 4) is 0 Å². The normalized spacial score (nSPS) is 12.2. The van der Waals surface area contributed by atoms with E-state index in [0.717, 1.165) is 17.4 Å². The Morgan fingerprint density at radius 3 is 2.67 bits per heavy atom. The second-order valence-corrected chi connectivity index (χ2v) is 5.38. The summed E-state index contributed by atoms with van der Waals surface area (Å²) in [7, 11) is -3.57. The molecule has 0 amide bonds. The van der Waals surface area contributed by atoms with E-state index in [2.05, 4.69) is 16.0 Å². The van der Waals surface area contributed by atoms with E-state index >= 15 is 0 Å². The first-order valence-electron chi connectivity index (χ1n) is 5.62. The zero-order valence-corrected chi connectivity index (χ0v) is 11.4. The van der Waals surface area contributed by atoms with E-state index in [0.29, 0.717) is 18.6 Å². The van der Waals surface area contributed by atoms with Crippen LogP contribution in [-0.4, -0.2) is 20.4 Å². The highest BCUT2D eigenvalue weighted by Gasteiger charge is 2.09. The van der Waals surface area contributed by atoms with E-state index in [1.807, 2.05) is 31.2 Å². The molecule has 0 spiro atoms. The average Bonchev–Trinajstić information content (AvgIpc) is 2.31. The molecule has 18 heavy (non-hydrogen) atoms. The van der Waals surface area contributed by atoms with Crippen LogP contribution in [0.25, 0.3) is 0 Å². The van der Waals surface area contributed by atoms with Gasteiger partial charge in [0.15, 0.2) is 0 Å². The van der Waals surface area contributed by atoms with E-state index in [1.165, 1.54) is 0 Å². The number of oxime groups is 1. The minimum atomic E-state index is -3.57. The van der Waals surface area contributed by atoms with E-state index in [1.54, 1.807) is 6.08 Å². The Bertz CT molecular complexity index is 547. The van der Waals surface area contributed by atoms with Gasteiger partial charge in [-0.2, -0.15) is 8.42 Å². The van der Waals surface area contributed by atoms with Gasteiger partial charge < -0.3 is 0 Å². The minimum absolute atomic E-state index is 0.587. The van der Waals surface area contributed by atoms with Gasteiger partial charge in [-0.05, 0) is 18.4 Å². The van der Waals surface area contributed by atoms with Crippen LogP contribution in [0.2, 0.25) is 0 Å². The Balaban J connectivity index is 3.12. The van der Waals surface area contributed by atoms with Crippen LogP contribution in [0.4, 0.5) is 0 Å². The lowest BCUT2D eigenvalue weighted by atomic mass is 9.99. The van der Waals surface area contributed by atoms with Crippen LogP contribution in [-0.2, 0) is 20.8 Å². The van der Waals surface area contributed by atoms with Gasteiger partial charge in [-0.3, -0.25) is 4.28 Å². The fourth-order valence-electron chi connectivity index (χ4n) is 1.55. The third-order valence-corrected chi connectivity index (χ3v) is 2.66. The number of rotatable bonds is 6. The molecule has 98 valence electrons. The lowest BCUT2D eigenvalue weighted by Gasteiger charge is -2.08. The Hall–Kier alpha value is -1.62. The third-order valence-electron chi connectivity index (χ3n) is 2.31. The maximum atomic E-state index is 10.9. The summed E-state index contributed by atoms with van der Waals surface area (Å²) < 4.78 is 26.4. The van der Waals surface area contributed by atoms with Crippen molar-refractivity contribution in [2.24, 2.45) is 5.16 Å². The lowest BCUT2D eigenvalue weighted by molar-refractivity contribution is 0.342. The second-order valence-electron chi connectivity index (χ2n) is 3.82. The molecule has 4 nitrogen and oxygen atoms in total. The molecule has 0 aromatic heterocycles. The Morgan fingerprint density at radius 1 is 1.44 bits per heavy atom. The number of hydrogen-bond donors (Lipinski definition) is 0. The summed E-state index contributed by atoms with van der Waals surface area (Å²) in [5.74, 6) is 0. The first-order valence-corrected chi connectivity index (χ1v) is 7.44. The molecular weight excluding hydrogens is 250 g/mol. The number of allylic oxidation sites excluding steroid dienone is 1. The molecule has 0 bridgehead atoms. The molecule has 0 atom stereocenters. The lowest BCUT2D eigenvalue weighted by Crippen LogP contribution is -2.07.